The van der Waals surface area contributed by atoms with Crippen molar-refractivity contribution < 1.29 is 32.2 Å². The monoisotopic (exact) mass is 475 g/mol. The molecule has 3 heterocycles. The SMILES string of the molecule is O=C(OCc1ccc(OC(F)F)c(F)c1)N1C[C@@H]2CN(C(=O)c3ccc4n[nH]nc4c3)C[C@H]2C1. The molecule has 0 unspecified atom stereocenters. The topological polar surface area (TPSA) is 101 Å². The molecule has 178 valence electrons. The Hall–Kier alpha value is -3.83. The number of aromatic nitrogens is 3. The second kappa shape index (κ2) is 8.84. The lowest BCUT2D eigenvalue weighted by molar-refractivity contribution is -0.0522. The molecule has 0 radical (unpaired) electrons. The molecular weight excluding hydrogens is 455 g/mol. The third kappa shape index (κ3) is 4.35. The van der Waals surface area contributed by atoms with E-state index in [9.17, 15) is 22.8 Å². The van der Waals surface area contributed by atoms with Gasteiger partial charge >= 0.3 is 12.7 Å². The van der Waals surface area contributed by atoms with Gasteiger partial charge in [-0.2, -0.15) is 24.2 Å². The number of hydrogen-bond donors (Lipinski definition) is 1. The minimum Gasteiger partial charge on any atom is -0.445 e. The quantitative estimate of drug-likeness (QED) is 0.609. The standard InChI is InChI=1S/C22H20F3N5O4/c23-16-5-12(1-4-19(16)34-21(24)25)11-33-22(32)30-9-14-7-29(8-15(14)10-30)20(31)13-2-3-17-18(6-13)27-28-26-17/h1-6,14-15,21H,7-11H2,(H,26,27,28)/t14-,15-/m0/s1. The number of ether oxygens (including phenoxy) is 2. The number of fused-ring (bicyclic) bond motifs is 2. The molecule has 5 rings (SSSR count). The Morgan fingerprint density at radius 1 is 1.00 bits per heavy atom. The van der Waals surface area contributed by atoms with E-state index in [1.807, 2.05) is 0 Å². The second-order valence-corrected chi connectivity index (χ2v) is 8.36. The van der Waals surface area contributed by atoms with Gasteiger partial charge in [-0.15, -0.1) is 0 Å². The smallest absolute Gasteiger partial charge is 0.410 e. The maximum Gasteiger partial charge on any atom is 0.410 e. The highest BCUT2D eigenvalue weighted by molar-refractivity contribution is 5.97. The molecule has 12 heteroatoms. The average Bonchev–Trinajstić information content (AvgIpc) is 3.52. The molecule has 1 N–H and O–H groups in total. The van der Waals surface area contributed by atoms with Gasteiger partial charge in [0.15, 0.2) is 11.6 Å². The zero-order chi connectivity index (χ0) is 23.8. The Morgan fingerprint density at radius 3 is 2.41 bits per heavy atom. The summed E-state index contributed by atoms with van der Waals surface area (Å²) in [4.78, 5) is 28.7. The molecule has 0 aliphatic carbocycles. The maximum absolute atomic E-state index is 13.8. The summed E-state index contributed by atoms with van der Waals surface area (Å²) in [5, 5.41) is 10.5. The van der Waals surface area contributed by atoms with E-state index in [-0.39, 0.29) is 24.3 Å². The predicted molar refractivity (Wildman–Crippen MR) is 112 cm³/mol. The van der Waals surface area contributed by atoms with Crippen LogP contribution in [-0.4, -0.2) is 70.0 Å². The van der Waals surface area contributed by atoms with Crippen LogP contribution in [0.4, 0.5) is 18.0 Å². The summed E-state index contributed by atoms with van der Waals surface area (Å²) in [6.45, 7) is -1.37. The van der Waals surface area contributed by atoms with Gasteiger partial charge in [-0.3, -0.25) is 4.79 Å². The van der Waals surface area contributed by atoms with E-state index < -0.39 is 24.3 Å². The first-order chi connectivity index (χ1) is 16.4. The Kier molecular flexibility index (Phi) is 5.72. The zero-order valence-corrected chi connectivity index (χ0v) is 17.8. The molecule has 2 saturated heterocycles. The van der Waals surface area contributed by atoms with Crippen LogP contribution < -0.4 is 4.74 Å². The number of hydrogen-bond acceptors (Lipinski definition) is 6. The van der Waals surface area contributed by atoms with Crippen molar-refractivity contribution in [3.8, 4) is 5.75 Å². The molecule has 2 fully saturated rings. The molecule has 34 heavy (non-hydrogen) atoms. The number of nitrogens with one attached hydrogen (secondary N) is 1. The van der Waals surface area contributed by atoms with E-state index in [1.54, 1.807) is 28.0 Å². The van der Waals surface area contributed by atoms with Crippen molar-refractivity contribution in [1.82, 2.24) is 25.2 Å². The molecule has 0 saturated carbocycles. The lowest BCUT2D eigenvalue weighted by Crippen LogP contribution is -2.35. The Bertz CT molecular complexity index is 1220. The summed E-state index contributed by atoms with van der Waals surface area (Å²) in [7, 11) is 0. The summed E-state index contributed by atoms with van der Waals surface area (Å²) in [6, 6.07) is 8.58. The Labute approximate surface area is 191 Å². The third-order valence-corrected chi connectivity index (χ3v) is 6.17. The lowest BCUT2D eigenvalue weighted by atomic mass is 10.0. The van der Waals surface area contributed by atoms with Crippen molar-refractivity contribution in [3.63, 3.8) is 0 Å². The molecule has 2 aromatic carbocycles. The van der Waals surface area contributed by atoms with Gasteiger partial charge in [0.1, 0.15) is 17.6 Å². The van der Waals surface area contributed by atoms with Crippen LogP contribution in [0.15, 0.2) is 36.4 Å². The van der Waals surface area contributed by atoms with Crippen LogP contribution in [0.2, 0.25) is 0 Å². The van der Waals surface area contributed by atoms with Crippen molar-refractivity contribution in [2.75, 3.05) is 26.2 Å². The highest BCUT2D eigenvalue weighted by atomic mass is 19.3. The van der Waals surface area contributed by atoms with E-state index in [0.29, 0.717) is 48.3 Å². The van der Waals surface area contributed by atoms with E-state index in [2.05, 4.69) is 20.1 Å². The van der Waals surface area contributed by atoms with Gasteiger partial charge in [-0.25, -0.2) is 9.18 Å². The number of benzene rings is 2. The maximum atomic E-state index is 13.8. The molecule has 0 bridgehead atoms. The normalized spacial score (nSPS) is 19.6. The highest BCUT2D eigenvalue weighted by Gasteiger charge is 2.43. The fourth-order valence-electron chi connectivity index (χ4n) is 4.53. The number of nitrogens with zero attached hydrogens (tertiary/aromatic N) is 4. The number of aromatic amines is 1. The largest absolute Gasteiger partial charge is 0.445 e. The van der Waals surface area contributed by atoms with Crippen LogP contribution in [0.1, 0.15) is 15.9 Å². The summed E-state index contributed by atoms with van der Waals surface area (Å²) < 4.78 is 47.6. The summed E-state index contributed by atoms with van der Waals surface area (Å²) in [5.41, 5.74) is 2.15. The summed E-state index contributed by atoms with van der Waals surface area (Å²) in [5.74, 6) is -1.35. The number of carbonyl (C=O) groups excluding carboxylic acids is 2. The lowest BCUT2D eigenvalue weighted by Gasteiger charge is -2.21. The van der Waals surface area contributed by atoms with Crippen molar-refractivity contribution in [1.29, 1.82) is 0 Å². The van der Waals surface area contributed by atoms with Gasteiger partial charge in [0, 0.05) is 43.6 Å². The van der Waals surface area contributed by atoms with Crippen LogP contribution in [0.25, 0.3) is 11.0 Å². The van der Waals surface area contributed by atoms with Gasteiger partial charge in [-0.05, 0) is 35.9 Å². The first-order valence-corrected chi connectivity index (χ1v) is 10.6. The molecule has 3 aromatic rings. The number of likely N-dealkylation sites (tertiary alicyclic amines) is 2. The second-order valence-electron chi connectivity index (χ2n) is 8.36. The molecule has 2 amide bonds. The van der Waals surface area contributed by atoms with Crippen LogP contribution >= 0.6 is 0 Å². The number of amides is 2. The summed E-state index contributed by atoms with van der Waals surface area (Å²) in [6.07, 6.45) is -0.544. The minimum atomic E-state index is -3.13. The van der Waals surface area contributed by atoms with Gasteiger partial charge in [0.25, 0.3) is 5.91 Å². The van der Waals surface area contributed by atoms with Crippen molar-refractivity contribution in [3.05, 3.63) is 53.3 Å². The number of carbonyl (C=O) groups is 2. The Morgan fingerprint density at radius 2 is 1.71 bits per heavy atom. The predicted octanol–water partition coefficient (Wildman–Crippen LogP) is 3.04. The Balaban J connectivity index is 1.13. The zero-order valence-electron chi connectivity index (χ0n) is 17.8. The highest BCUT2D eigenvalue weighted by Crippen LogP contribution is 2.32. The third-order valence-electron chi connectivity index (χ3n) is 6.17. The molecule has 9 nitrogen and oxygen atoms in total. The van der Waals surface area contributed by atoms with Gasteiger partial charge in [0.2, 0.25) is 0 Å². The van der Waals surface area contributed by atoms with Crippen LogP contribution in [0.5, 0.6) is 5.75 Å². The van der Waals surface area contributed by atoms with Crippen LogP contribution in [0.3, 0.4) is 0 Å². The molecule has 0 spiro atoms. The number of alkyl halides is 2. The number of halogens is 3. The van der Waals surface area contributed by atoms with Crippen molar-refractivity contribution >= 4 is 23.0 Å². The number of rotatable bonds is 5. The van der Waals surface area contributed by atoms with Gasteiger partial charge in [0.05, 0.1) is 0 Å². The van der Waals surface area contributed by atoms with E-state index in [1.165, 1.54) is 6.07 Å². The fraction of sp³-hybridized carbons (Fsp3) is 0.364. The number of H-pyrrole nitrogens is 1. The minimum absolute atomic E-state index is 0.0882. The summed E-state index contributed by atoms with van der Waals surface area (Å²) >= 11 is 0. The fourth-order valence-corrected chi connectivity index (χ4v) is 4.53. The van der Waals surface area contributed by atoms with Crippen LogP contribution in [0, 0.1) is 17.7 Å². The molecule has 2 aliphatic heterocycles. The van der Waals surface area contributed by atoms with E-state index >= 15 is 0 Å². The average molecular weight is 475 g/mol. The van der Waals surface area contributed by atoms with Gasteiger partial charge < -0.3 is 19.3 Å². The molecule has 1 aromatic heterocycles. The van der Waals surface area contributed by atoms with E-state index in [4.69, 9.17) is 4.74 Å². The first kappa shape index (κ1) is 22.0. The van der Waals surface area contributed by atoms with Crippen LogP contribution in [-0.2, 0) is 11.3 Å². The first-order valence-electron chi connectivity index (χ1n) is 10.6. The van der Waals surface area contributed by atoms with Crippen molar-refractivity contribution in [2.24, 2.45) is 11.8 Å². The van der Waals surface area contributed by atoms with E-state index in [0.717, 1.165) is 12.1 Å². The molecule has 2 aliphatic rings. The van der Waals surface area contributed by atoms with Gasteiger partial charge in [-0.1, -0.05) is 6.07 Å². The molecular formula is C22H20F3N5O4. The van der Waals surface area contributed by atoms with Crippen molar-refractivity contribution in [2.45, 2.75) is 13.2 Å². The molecule has 2 atom stereocenters.